The van der Waals surface area contributed by atoms with Crippen molar-refractivity contribution in [3.8, 4) is 0 Å². The van der Waals surface area contributed by atoms with E-state index < -0.39 is 6.04 Å². The minimum atomic E-state index is -0.538. The number of hydrogen-bond donors (Lipinski definition) is 2. The van der Waals surface area contributed by atoms with Crippen molar-refractivity contribution in [2.45, 2.75) is 45.7 Å². The van der Waals surface area contributed by atoms with Gasteiger partial charge < -0.3 is 10.6 Å². The molecule has 0 bridgehead atoms. The van der Waals surface area contributed by atoms with Crippen LogP contribution in [0.4, 0.5) is 0 Å². The number of amides is 2. The van der Waals surface area contributed by atoms with Crippen molar-refractivity contribution >= 4 is 11.8 Å². The molecule has 2 amide bonds. The molecule has 1 aromatic carbocycles. The van der Waals surface area contributed by atoms with Gasteiger partial charge in [0.15, 0.2) is 0 Å². The molecule has 1 heterocycles. The van der Waals surface area contributed by atoms with Crippen molar-refractivity contribution < 1.29 is 9.59 Å². The van der Waals surface area contributed by atoms with Crippen molar-refractivity contribution in [2.24, 2.45) is 0 Å². The first-order valence-corrected chi connectivity index (χ1v) is 8.48. The van der Waals surface area contributed by atoms with Crippen molar-refractivity contribution in [2.75, 3.05) is 0 Å². The van der Waals surface area contributed by atoms with Crippen LogP contribution in [-0.2, 0) is 22.6 Å². The first-order valence-electron chi connectivity index (χ1n) is 8.48. The van der Waals surface area contributed by atoms with Crippen molar-refractivity contribution in [3.05, 3.63) is 59.7 Å². The molecule has 0 aliphatic rings. The van der Waals surface area contributed by atoms with Gasteiger partial charge in [-0.2, -0.15) is 0 Å². The molecule has 2 aromatic rings. The average Bonchev–Trinajstić information content (AvgIpc) is 2.60. The number of carbonyl (C=O) groups is 2. The molecule has 1 aromatic heterocycles. The topological polar surface area (TPSA) is 84.0 Å². The number of nitrogens with one attached hydrogen (secondary N) is 2. The lowest BCUT2D eigenvalue weighted by Gasteiger charge is -2.18. The van der Waals surface area contributed by atoms with Gasteiger partial charge in [-0.05, 0) is 25.0 Å². The standard InChI is InChI=1S/C19H24N4O2/c1-3-7-17(23-18(24)12-15-8-5-4-6-9-15)19(25)21-13-16-10-11-20-14(2)22-16/h4-6,8-11,17H,3,7,12-13H2,1-2H3,(H,21,25)(H,23,24). The van der Waals surface area contributed by atoms with Gasteiger partial charge >= 0.3 is 0 Å². The minimum absolute atomic E-state index is 0.155. The Kier molecular flexibility index (Phi) is 7.07. The van der Waals surface area contributed by atoms with Gasteiger partial charge in [0.2, 0.25) is 11.8 Å². The van der Waals surface area contributed by atoms with Crippen LogP contribution in [0, 0.1) is 6.92 Å². The van der Waals surface area contributed by atoms with Crippen LogP contribution in [0.2, 0.25) is 0 Å². The summed E-state index contributed by atoms with van der Waals surface area (Å²) in [5.74, 6) is 0.310. The molecule has 25 heavy (non-hydrogen) atoms. The van der Waals surface area contributed by atoms with E-state index in [1.807, 2.05) is 37.3 Å². The van der Waals surface area contributed by atoms with Crippen molar-refractivity contribution in [1.82, 2.24) is 20.6 Å². The molecule has 0 fully saturated rings. The Labute approximate surface area is 148 Å². The second-order valence-electron chi connectivity index (χ2n) is 5.88. The summed E-state index contributed by atoms with van der Waals surface area (Å²) in [4.78, 5) is 32.9. The molecule has 2 N–H and O–H groups in total. The predicted molar refractivity (Wildman–Crippen MR) is 95.6 cm³/mol. The Morgan fingerprint density at radius 2 is 1.92 bits per heavy atom. The van der Waals surface area contributed by atoms with Crippen LogP contribution in [0.1, 0.15) is 36.8 Å². The number of hydrogen-bond acceptors (Lipinski definition) is 4. The van der Waals surface area contributed by atoms with Crippen molar-refractivity contribution in [1.29, 1.82) is 0 Å². The highest BCUT2D eigenvalue weighted by Gasteiger charge is 2.19. The molecule has 0 aliphatic heterocycles. The van der Waals surface area contributed by atoms with Gasteiger partial charge in [0.25, 0.3) is 0 Å². The number of aryl methyl sites for hydroxylation is 1. The van der Waals surface area contributed by atoms with Gasteiger partial charge in [-0.1, -0.05) is 43.7 Å². The first kappa shape index (κ1) is 18.6. The first-order chi connectivity index (χ1) is 12.1. The van der Waals surface area contributed by atoms with Gasteiger partial charge in [0.05, 0.1) is 18.7 Å². The van der Waals surface area contributed by atoms with Crippen LogP contribution < -0.4 is 10.6 Å². The third-order valence-corrected chi connectivity index (χ3v) is 3.71. The van der Waals surface area contributed by atoms with Gasteiger partial charge in [-0.15, -0.1) is 0 Å². The van der Waals surface area contributed by atoms with Gasteiger partial charge in [0, 0.05) is 6.20 Å². The third kappa shape index (κ3) is 6.33. The Morgan fingerprint density at radius 1 is 1.16 bits per heavy atom. The van der Waals surface area contributed by atoms with E-state index in [0.29, 0.717) is 18.8 Å². The zero-order valence-electron chi connectivity index (χ0n) is 14.7. The number of nitrogens with zero attached hydrogens (tertiary/aromatic N) is 2. The van der Waals surface area contributed by atoms with E-state index in [9.17, 15) is 9.59 Å². The molecule has 6 heteroatoms. The van der Waals surface area contributed by atoms with Crippen LogP contribution in [0.15, 0.2) is 42.6 Å². The highest BCUT2D eigenvalue weighted by molar-refractivity contribution is 5.88. The summed E-state index contributed by atoms with van der Waals surface area (Å²) >= 11 is 0. The van der Waals surface area contributed by atoms with Crippen LogP contribution in [-0.4, -0.2) is 27.8 Å². The maximum absolute atomic E-state index is 12.4. The lowest BCUT2D eigenvalue weighted by molar-refractivity contribution is -0.129. The summed E-state index contributed by atoms with van der Waals surface area (Å²) in [6.07, 6.45) is 3.32. The van der Waals surface area contributed by atoms with Crippen LogP contribution in [0.5, 0.6) is 0 Å². The Balaban J connectivity index is 1.89. The molecule has 0 spiro atoms. The zero-order valence-corrected chi connectivity index (χ0v) is 14.7. The summed E-state index contributed by atoms with van der Waals surface area (Å²) in [7, 11) is 0. The maximum Gasteiger partial charge on any atom is 0.242 e. The Morgan fingerprint density at radius 3 is 2.60 bits per heavy atom. The van der Waals surface area contributed by atoms with E-state index in [1.165, 1.54) is 0 Å². The summed E-state index contributed by atoms with van der Waals surface area (Å²) in [5, 5.41) is 5.67. The highest BCUT2D eigenvalue weighted by Crippen LogP contribution is 2.03. The van der Waals surface area contributed by atoms with Crippen LogP contribution >= 0.6 is 0 Å². The fraction of sp³-hybridized carbons (Fsp3) is 0.368. The molecular formula is C19H24N4O2. The molecule has 0 saturated heterocycles. The van der Waals surface area contributed by atoms with Gasteiger partial charge in [0.1, 0.15) is 11.9 Å². The maximum atomic E-state index is 12.4. The average molecular weight is 340 g/mol. The van der Waals surface area contributed by atoms with E-state index in [4.69, 9.17) is 0 Å². The molecule has 1 unspecified atom stereocenters. The fourth-order valence-corrected chi connectivity index (χ4v) is 2.49. The van der Waals surface area contributed by atoms with Crippen LogP contribution in [0.25, 0.3) is 0 Å². The quantitative estimate of drug-likeness (QED) is 0.769. The smallest absolute Gasteiger partial charge is 0.242 e. The van der Waals surface area contributed by atoms with Gasteiger partial charge in [-0.25, -0.2) is 9.97 Å². The molecule has 0 aliphatic carbocycles. The Bertz CT molecular complexity index is 704. The number of benzene rings is 1. The van der Waals surface area contributed by atoms with Gasteiger partial charge in [-0.3, -0.25) is 9.59 Å². The minimum Gasteiger partial charge on any atom is -0.349 e. The number of rotatable bonds is 8. The monoisotopic (exact) mass is 340 g/mol. The lowest BCUT2D eigenvalue weighted by atomic mass is 10.1. The molecule has 2 rings (SSSR count). The van der Waals surface area contributed by atoms with E-state index in [1.54, 1.807) is 19.2 Å². The second-order valence-corrected chi connectivity index (χ2v) is 5.88. The summed E-state index contributed by atoms with van der Waals surface area (Å²) < 4.78 is 0. The highest BCUT2D eigenvalue weighted by atomic mass is 16.2. The summed E-state index contributed by atoms with van der Waals surface area (Å²) in [6, 6.07) is 10.7. The fourth-order valence-electron chi connectivity index (χ4n) is 2.49. The number of carbonyl (C=O) groups excluding carboxylic acids is 2. The third-order valence-electron chi connectivity index (χ3n) is 3.71. The molecule has 6 nitrogen and oxygen atoms in total. The zero-order chi connectivity index (χ0) is 18.1. The molecule has 1 atom stereocenters. The normalized spacial score (nSPS) is 11.6. The molecule has 0 saturated carbocycles. The summed E-state index contributed by atoms with van der Waals surface area (Å²) in [6.45, 7) is 4.10. The lowest BCUT2D eigenvalue weighted by Crippen LogP contribution is -2.47. The van der Waals surface area contributed by atoms with E-state index in [0.717, 1.165) is 17.7 Å². The Hall–Kier alpha value is -2.76. The largest absolute Gasteiger partial charge is 0.349 e. The molecule has 0 radical (unpaired) electrons. The number of aromatic nitrogens is 2. The van der Waals surface area contributed by atoms with E-state index in [2.05, 4.69) is 20.6 Å². The molecule has 132 valence electrons. The van der Waals surface area contributed by atoms with Crippen LogP contribution in [0.3, 0.4) is 0 Å². The summed E-state index contributed by atoms with van der Waals surface area (Å²) in [5.41, 5.74) is 1.67. The SMILES string of the molecule is CCCC(NC(=O)Cc1ccccc1)C(=O)NCc1ccnc(C)n1. The van der Waals surface area contributed by atoms with Crippen molar-refractivity contribution in [3.63, 3.8) is 0 Å². The predicted octanol–water partition coefficient (Wildman–Crippen LogP) is 1.93. The second kappa shape index (κ2) is 9.52. The molecular weight excluding hydrogens is 316 g/mol. The van der Waals surface area contributed by atoms with E-state index in [-0.39, 0.29) is 18.2 Å². The van der Waals surface area contributed by atoms with E-state index >= 15 is 0 Å².